The van der Waals surface area contributed by atoms with Crippen LogP contribution in [0.15, 0.2) is 59.0 Å². The van der Waals surface area contributed by atoms with Gasteiger partial charge in [0.15, 0.2) is 6.10 Å². The van der Waals surface area contributed by atoms with Crippen LogP contribution in [-0.2, 0) is 15.0 Å². The van der Waals surface area contributed by atoms with Crippen molar-refractivity contribution in [2.75, 3.05) is 18.5 Å². The molecule has 2 aliphatic heterocycles. The molecule has 1 aromatic carbocycles. The fraction of sp³-hybridized carbons (Fsp3) is 0.292. The molecule has 4 heterocycles. The van der Waals surface area contributed by atoms with Gasteiger partial charge >= 0.3 is 6.18 Å². The van der Waals surface area contributed by atoms with E-state index in [-0.39, 0.29) is 24.1 Å². The van der Waals surface area contributed by atoms with Gasteiger partial charge in [-0.1, -0.05) is 29.8 Å². The maximum Gasteiger partial charge on any atom is 0.414 e. The highest BCUT2D eigenvalue weighted by atomic mass is 35.5. The maximum atomic E-state index is 13.5. The van der Waals surface area contributed by atoms with E-state index >= 15 is 0 Å². The van der Waals surface area contributed by atoms with Crippen molar-refractivity contribution >= 4 is 46.6 Å². The minimum Gasteiger partial charge on any atom is -0.465 e. The summed E-state index contributed by atoms with van der Waals surface area (Å²) in [5.74, 6) is -1.64. The van der Waals surface area contributed by atoms with Crippen molar-refractivity contribution < 1.29 is 32.2 Å². The number of amides is 2. The number of ether oxygens (including phenoxy) is 2. The molecule has 3 aromatic rings. The Morgan fingerprint density at radius 1 is 1.11 bits per heavy atom. The lowest BCUT2D eigenvalue weighted by atomic mass is 9.79. The normalized spacial score (nSPS) is 23.0. The Labute approximate surface area is 223 Å². The molecule has 0 radical (unpaired) electrons. The van der Waals surface area contributed by atoms with Crippen LogP contribution in [0.4, 0.5) is 19.0 Å². The van der Waals surface area contributed by atoms with Crippen LogP contribution in [0.5, 0.6) is 0 Å². The standard InChI is InChI=1S/C24H19ClF3N5O4S/c25-15-6-7-16(29-9-15)20(35)30-18-11-38-21(31-18)23-12-37-17(24(26,27)28)8-14(23)10-36-22(33-23)32-19(34)13-4-2-1-3-5-13/h1-7,9,11,14,17H,8,10,12H2,(H,30,35)(H,32,33,34)/t14-,17+,23-/m0/s1. The molecule has 0 spiro atoms. The number of aromatic nitrogens is 2. The van der Waals surface area contributed by atoms with Gasteiger partial charge in [0.1, 0.15) is 22.1 Å². The van der Waals surface area contributed by atoms with Crippen LogP contribution in [0, 0.1) is 5.92 Å². The number of anilines is 1. The zero-order valence-corrected chi connectivity index (χ0v) is 20.9. The molecule has 0 saturated carbocycles. The molecule has 5 rings (SSSR count). The van der Waals surface area contributed by atoms with E-state index in [2.05, 4.69) is 25.6 Å². The molecule has 2 amide bonds. The first-order valence-corrected chi connectivity index (χ1v) is 12.6. The topological polar surface area (TPSA) is 115 Å². The van der Waals surface area contributed by atoms with Crippen molar-refractivity contribution in [3.05, 3.63) is 75.3 Å². The van der Waals surface area contributed by atoms with Gasteiger partial charge in [-0.05, 0) is 30.7 Å². The van der Waals surface area contributed by atoms with Gasteiger partial charge in [-0.25, -0.2) is 15.0 Å². The van der Waals surface area contributed by atoms with Crippen molar-refractivity contribution in [2.45, 2.75) is 24.2 Å². The van der Waals surface area contributed by atoms with Crippen molar-refractivity contribution in [1.82, 2.24) is 15.3 Å². The Kier molecular flexibility index (Phi) is 7.07. The molecule has 3 atom stereocenters. The smallest absolute Gasteiger partial charge is 0.414 e. The number of thiazole rings is 1. The first-order valence-electron chi connectivity index (χ1n) is 11.3. The number of benzene rings is 1. The van der Waals surface area contributed by atoms with Crippen LogP contribution < -0.4 is 10.6 Å². The molecule has 9 nitrogen and oxygen atoms in total. The zero-order valence-electron chi connectivity index (χ0n) is 19.4. The van der Waals surface area contributed by atoms with Gasteiger partial charge in [-0.2, -0.15) is 13.2 Å². The predicted octanol–water partition coefficient (Wildman–Crippen LogP) is 4.42. The van der Waals surface area contributed by atoms with Gasteiger partial charge in [0.2, 0.25) is 0 Å². The quantitative estimate of drug-likeness (QED) is 0.484. The Balaban J connectivity index is 1.43. The summed E-state index contributed by atoms with van der Waals surface area (Å²) in [7, 11) is 0. The second kappa shape index (κ2) is 10.3. The molecule has 2 aromatic heterocycles. The summed E-state index contributed by atoms with van der Waals surface area (Å²) in [5, 5.41) is 7.39. The summed E-state index contributed by atoms with van der Waals surface area (Å²) in [4.78, 5) is 38.1. The summed E-state index contributed by atoms with van der Waals surface area (Å²) in [5.41, 5.74) is -0.920. The average molecular weight is 566 g/mol. The van der Waals surface area contributed by atoms with Crippen LogP contribution in [0.25, 0.3) is 0 Å². The third-order valence-electron chi connectivity index (χ3n) is 6.10. The summed E-state index contributed by atoms with van der Waals surface area (Å²) < 4.78 is 51.2. The summed E-state index contributed by atoms with van der Waals surface area (Å²) in [6, 6.07) is 11.1. The number of alkyl halides is 3. The van der Waals surface area contributed by atoms with Crippen molar-refractivity contribution in [2.24, 2.45) is 10.9 Å². The maximum absolute atomic E-state index is 13.5. The van der Waals surface area contributed by atoms with E-state index in [4.69, 9.17) is 21.1 Å². The number of rotatable bonds is 4. The Morgan fingerprint density at radius 3 is 2.61 bits per heavy atom. The number of hydrogen-bond donors (Lipinski definition) is 2. The number of halogens is 4. The molecule has 198 valence electrons. The second-order valence-corrected chi connectivity index (χ2v) is 9.89. The van der Waals surface area contributed by atoms with Gasteiger partial charge in [-0.15, -0.1) is 11.3 Å². The highest BCUT2D eigenvalue weighted by Crippen LogP contribution is 2.47. The number of carbonyl (C=O) groups is 2. The summed E-state index contributed by atoms with van der Waals surface area (Å²) in [6.07, 6.45) is -5.64. The third kappa shape index (κ3) is 5.35. The number of fused-ring (bicyclic) bond motifs is 1. The molecule has 0 unspecified atom stereocenters. The predicted molar refractivity (Wildman–Crippen MR) is 132 cm³/mol. The van der Waals surface area contributed by atoms with Crippen LogP contribution in [0.2, 0.25) is 5.02 Å². The highest BCUT2D eigenvalue weighted by molar-refractivity contribution is 7.10. The molecular weight excluding hydrogens is 547 g/mol. The largest absolute Gasteiger partial charge is 0.465 e. The molecule has 1 saturated heterocycles. The van der Waals surface area contributed by atoms with Gasteiger partial charge in [0, 0.05) is 23.1 Å². The number of nitrogens with one attached hydrogen (secondary N) is 2. The number of aliphatic imine (C=N–C) groups is 1. The summed E-state index contributed by atoms with van der Waals surface area (Å²) in [6.45, 7) is -0.602. The van der Waals surface area contributed by atoms with Crippen LogP contribution in [0.3, 0.4) is 0 Å². The fourth-order valence-electron chi connectivity index (χ4n) is 4.15. The van der Waals surface area contributed by atoms with E-state index in [1.165, 1.54) is 23.7 Å². The SMILES string of the molecule is O=C(NC1=N[C@@]2(c3nc(NC(=O)c4ccc(Cl)cn4)cs3)CO[C@@H](C(F)(F)F)C[C@H]2CO1)c1ccccc1. The van der Waals surface area contributed by atoms with E-state index in [9.17, 15) is 22.8 Å². The van der Waals surface area contributed by atoms with Crippen LogP contribution >= 0.6 is 22.9 Å². The zero-order chi connectivity index (χ0) is 26.9. The second-order valence-electron chi connectivity index (χ2n) is 8.60. The van der Waals surface area contributed by atoms with Gasteiger partial charge in [0.25, 0.3) is 17.8 Å². The minimum atomic E-state index is -4.56. The lowest BCUT2D eigenvalue weighted by molar-refractivity contribution is -0.249. The van der Waals surface area contributed by atoms with E-state index in [1.807, 2.05) is 0 Å². The van der Waals surface area contributed by atoms with Crippen molar-refractivity contribution in [1.29, 1.82) is 0 Å². The number of amidine groups is 1. The minimum absolute atomic E-state index is 0.101. The van der Waals surface area contributed by atoms with Crippen LogP contribution in [-0.4, -0.2) is 53.3 Å². The molecule has 1 fully saturated rings. The number of hydrogen-bond acceptors (Lipinski definition) is 8. The number of nitrogens with zero attached hydrogens (tertiary/aromatic N) is 3. The molecule has 14 heteroatoms. The van der Waals surface area contributed by atoms with Gasteiger partial charge in [0.05, 0.1) is 18.2 Å². The molecule has 2 N–H and O–H groups in total. The Morgan fingerprint density at radius 2 is 1.89 bits per heavy atom. The lowest BCUT2D eigenvalue weighted by Gasteiger charge is -2.45. The third-order valence-corrected chi connectivity index (χ3v) is 7.33. The number of carbonyl (C=O) groups excluding carboxylic acids is 2. The van der Waals surface area contributed by atoms with E-state index < -0.39 is 48.6 Å². The first kappa shape index (κ1) is 26.1. The molecular formula is C24H19ClF3N5O4S. The van der Waals surface area contributed by atoms with Crippen molar-refractivity contribution in [3.63, 3.8) is 0 Å². The fourth-order valence-corrected chi connectivity index (χ4v) is 5.22. The first-order chi connectivity index (χ1) is 18.1. The van der Waals surface area contributed by atoms with E-state index in [1.54, 1.807) is 30.3 Å². The van der Waals surface area contributed by atoms with E-state index in [0.717, 1.165) is 11.3 Å². The van der Waals surface area contributed by atoms with Gasteiger partial charge in [-0.3, -0.25) is 14.9 Å². The molecule has 38 heavy (non-hydrogen) atoms. The Bertz CT molecular complexity index is 1370. The lowest BCUT2D eigenvalue weighted by Crippen LogP contribution is -2.55. The molecule has 0 aliphatic carbocycles. The van der Waals surface area contributed by atoms with Gasteiger partial charge < -0.3 is 14.8 Å². The molecule has 0 bridgehead atoms. The summed E-state index contributed by atoms with van der Waals surface area (Å²) >= 11 is 6.90. The van der Waals surface area contributed by atoms with Crippen LogP contribution in [0.1, 0.15) is 32.3 Å². The highest BCUT2D eigenvalue weighted by Gasteiger charge is 2.56. The van der Waals surface area contributed by atoms with Crippen molar-refractivity contribution in [3.8, 4) is 0 Å². The number of pyridine rings is 1. The molecule has 2 aliphatic rings. The average Bonchev–Trinajstić information content (AvgIpc) is 3.37. The van der Waals surface area contributed by atoms with E-state index in [0.29, 0.717) is 15.6 Å². The Hall–Kier alpha value is -3.55. The monoisotopic (exact) mass is 565 g/mol.